The summed E-state index contributed by atoms with van der Waals surface area (Å²) in [6.07, 6.45) is 3.76. The maximum Gasteiger partial charge on any atom is 0.339 e. The largest absolute Gasteiger partial charge is 0.451 e. The van der Waals surface area contributed by atoms with E-state index in [2.05, 4.69) is 4.98 Å². The van der Waals surface area contributed by atoms with Crippen LogP contribution in [0, 0.1) is 0 Å². The second kappa shape index (κ2) is 6.50. The molecule has 0 saturated carbocycles. The normalized spacial score (nSPS) is 14.2. The van der Waals surface area contributed by atoms with Gasteiger partial charge in [-0.05, 0) is 55.5 Å². The van der Waals surface area contributed by atoms with Gasteiger partial charge in [-0.15, -0.1) is 0 Å². The number of ketones is 1. The van der Waals surface area contributed by atoms with Gasteiger partial charge >= 0.3 is 5.97 Å². The first-order valence-corrected chi connectivity index (χ1v) is 7.91. The third kappa shape index (κ3) is 3.42. The van der Waals surface area contributed by atoms with Crippen molar-refractivity contribution in [2.45, 2.75) is 32.3 Å². The van der Waals surface area contributed by atoms with Gasteiger partial charge in [0.15, 0.2) is 6.10 Å². The summed E-state index contributed by atoms with van der Waals surface area (Å²) in [5, 5.41) is 0.206. The molecule has 5 heteroatoms. The molecule has 1 heterocycles. The first-order valence-electron chi connectivity index (χ1n) is 7.53. The predicted octanol–water partition coefficient (Wildman–Crippen LogP) is 3.65. The predicted molar refractivity (Wildman–Crippen MR) is 86.9 cm³/mol. The molecule has 118 valence electrons. The molecule has 1 aromatic heterocycles. The Balaban J connectivity index is 1.71. The van der Waals surface area contributed by atoms with Crippen molar-refractivity contribution in [2.24, 2.45) is 0 Å². The molecule has 1 aliphatic rings. The number of benzene rings is 1. The summed E-state index contributed by atoms with van der Waals surface area (Å²) in [5.41, 5.74) is 3.38. The Morgan fingerprint density at radius 3 is 2.70 bits per heavy atom. The van der Waals surface area contributed by atoms with Crippen LogP contribution in [0.2, 0.25) is 5.15 Å². The molecule has 1 atom stereocenters. The summed E-state index contributed by atoms with van der Waals surface area (Å²) in [6.45, 7) is 1.58. The zero-order valence-corrected chi connectivity index (χ0v) is 13.5. The van der Waals surface area contributed by atoms with E-state index in [-0.39, 0.29) is 16.5 Å². The molecule has 0 radical (unpaired) electrons. The second-order valence-corrected chi connectivity index (χ2v) is 6.00. The number of esters is 1. The van der Waals surface area contributed by atoms with Crippen molar-refractivity contribution >= 4 is 23.4 Å². The number of pyridine rings is 1. The maximum atomic E-state index is 12.5. The second-order valence-electron chi connectivity index (χ2n) is 5.62. The van der Waals surface area contributed by atoms with Gasteiger partial charge in [0.1, 0.15) is 5.15 Å². The van der Waals surface area contributed by atoms with E-state index in [1.807, 2.05) is 12.1 Å². The van der Waals surface area contributed by atoms with Gasteiger partial charge in [-0.3, -0.25) is 4.79 Å². The van der Waals surface area contributed by atoms with Gasteiger partial charge in [0, 0.05) is 11.8 Å². The number of nitrogens with zero attached hydrogens (tertiary/aromatic N) is 1. The molecular weight excluding hydrogens is 314 g/mol. The van der Waals surface area contributed by atoms with E-state index in [4.69, 9.17) is 16.3 Å². The topological polar surface area (TPSA) is 56.3 Å². The molecule has 23 heavy (non-hydrogen) atoms. The Bertz CT molecular complexity index is 773. The zero-order chi connectivity index (χ0) is 16.4. The lowest BCUT2D eigenvalue weighted by Gasteiger charge is -2.13. The Kier molecular flexibility index (Phi) is 4.44. The van der Waals surface area contributed by atoms with Crippen LogP contribution in [0.5, 0.6) is 0 Å². The molecule has 1 unspecified atom stereocenters. The van der Waals surface area contributed by atoms with Gasteiger partial charge in [-0.2, -0.15) is 0 Å². The molecule has 1 aliphatic carbocycles. The minimum Gasteiger partial charge on any atom is -0.451 e. The van der Waals surface area contributed by atoms with Crippen molar-refractivity contribution in [2.75, 3.05) is 0 Å². The fourth-order valence-corrected chi connectivity index (χ4v) is 2.95. The summed E-state index contributed by atoms with van der Waals surface area (Å²) in [4.78, 5) is 28.3. The van der Waals surface area contributed by atoms with Crippen LogP contribution in [0.25, 0.3) is 0 Å². The molecular formula is C18H16ClNO3. The highest BCUT2D eigenvalue weighted by Crippen LogP contribution is 2.23. The summed E-state index contributed by atoms with van der Waals surface area (Å²) in [5.74, 6) is -0.787. The number of ether oxygens (including phenoxy) is 1. The molecule has 0 amide bonds. The van der Waals surface area contributed by atoms with Gasteiger partial charge in [0.2, 0.25) is 5.78 Å². The SMILES string of the molecule is CC(OC(=O)c1ccnc(Cl)c1)C(=O)c1ccc2c(c1)CCC2. The van der Waals surface area contributed by atoms with Crippen molar-refractivity contribution in [3.8, 4) is 0 Å². The van der Waals surface area contributed by atoms with Gasteiger partial charge in [-0.1, -0.05) is 23.7 Å². The number of fused-ring (bicyclic) bond motifs is 1. The number of hydrogen-bond donors (Lipinski definition) is 0. The number of carbonyl (C=O) groups is 2. The fourth-order valence-electron chi connectivity index (χ4n) is 2.77. The number of aryl methyl sites for hydroxylation is 2. The van der Waals surface area contributed by atoms with E-state index >= 15 is 0 Å². The number of carbonyl (C=O) groups excluding carboxylic acids is 2. The molecule has 3 rings (SSSR count). The number of hydrogen-bond acceptors (Lipinski definition) is 4. The first kappa shape index (κ1) is 15.7. The van der Waals surface area contributed by atoms with E-state index in [0.29, 0.717) is 5.56 Å². The van der Waals surface area contributed by atoms with E-state index < -0.39 is 12.1 Å². The Labute approximate surface area is 139 Å². The third-order valence-electron chi connectivity index (χ3n) is 4.00. The van der Waals surface area contributed by atoms with Gasteiger partial charge in [0.05, 0.1) is 5.56 Å². The maximum absolute atomic E-state index is 12.5. The molecule has 0 aliphatic heterocycles. The lowest BCUT2D eigenvalue weighted by molar-refractivity contribution is 0.0318. The average Bonchev–Trinajstić information content (AvgIpc) is 3.01. The van der Waals surface area contributed by atoms with Crippen LogP contribution in [0.15, 0.2) is 36.5 Å². The van der Waals surface area contributed by atoms with Crippen LogP contribution in [0.1, 0.15) is 45.2 Å². The monoisotopic (exact) mass is 329 g/mol. The van der Waals surface area contributed by atoms with Crippen molar-refractivity contribution in [3.63, 3.8) is 0 Å². The van der Waals surface area contributed by atoms with Crippen molar-refractivity contribution < 1.29 is 14.3 Å². The zero-order valence-electron chi connectivity index (χ0n) is 12.7. The van der Waals surface area contributed by atoms with Crippen LogP contribution >= 0.6 is 11.6 Å². The Morgan fingerprint density at radius 2 is 1.91 bits per heavy atom. The van der Waals surface area contributed by atoms with E-state index in [0.717, 1.165) is 19.3 Å². The molecule has 0 N–H and O–H groups in total. The lowest BCUT2D eigenvalue weighted by atomic mass is 10.0. The van der Waals surface area contributed by atoms with Crippen molar-refractivity contribution in [1.82, 2.24) is 4.98 Å². The minimum atomic E-state index is -0.853. The Hall–Kier alpha value is -2.20. The van der Waals surface area contributed by atoms with Crippen LogP contribution in [-0.2, 0) is 17.6 Å². The molecule has 0 saturated heterocycles. The van der Waals surface area contributed by atoms with Crippen LogP contribution < -0.4 is 0 Å². The fraction of sp³-hybridized carbons (Fsp3) is 0.278. The standard InChI is InChI=1S/C18H16ClNO3/c1-11(23-18(22)15-7-8-20-16(19)10-15)17(21)14-6-5-12-3-2-4-13(12)9-14/h5-11H,2-4H2,1H3. The molecule has 2 aromatic rings. The van der Waals surface area contributed by atoms with Crippen molar-refractivity contribution in [1.29, 1.82) is 0 Å². The summed E-state index contributed by atoms with van der Waals surface area (Å²) in [6, 6.07) is 8.63. The van der Waals surface area contributed by atoms with Crippen LogP contribution in [0.4, 0.5) is 0 Å². The van der Waals surface area contributed by atoms with Crippen LogP contribution in [-0.4, -0.2) is 22.8 Å². The quantitative estimate of drug-likeness (QED) is 0.488. The highest BCUT2D eigenvalue weighted by atomic mass is 35.5. The van der Waals surface area contributed by atoms with Gasteiger partial charge in [-0.25, -0.2) is 9.78 Å². The Morgan fingerprint density at radius 1 is 1.13 bits per heavy atom. The lowest BCUT2D eigenvalue weighted by Crippen LogP contribution is -2.24. The summed E-state index contributed by atoms with van der Waals surface area (Å²) < 4.78 is 5.25. The molecule has 1 aromatic carbocycles. The molecule has 0 bridgehead atoms. The summed E-state index contributed by atoms with van der Waals surface area (Å²) >= 11 is 5.75. The molecule has 0 spiro atoms. The average molecular weight is 330 g/mol. The summed E-state index contributed by atoms with van der Waals surface area (Å²) in [7, 11) is 0. The van der Waals surface area contributed by atoms with E-state index in [1.165, 1.54) is 29.5 Å². The smallest absolute Gasteiger partial charge is 0.339 e. The van der Waals surface area contributed by atoms with Gasteiger partial charge in [0.25, 0.3) is 0 Å². The molecule has 0 fully saturated rings. The molecule has 4 nitrogen and oxygen atoms in total. The van der Waals surface area contributed by atoms with Crippen molar-refractivity contribution in [3.05, 3.63) is 63.9 Å². The first-order chi connectivity index (χ1) is 11.0. The van der Waals surface area contributed by atoms with Gasteiger partial charge < -0.3 is 4.74 Å². The minimum absolute atomic E-state index is 0.201. The number of rotatable bonds is 4. The number of halogens is 1. The van der Waals surface area contributed by atoms with Crippen LogP contribution in [0.3, 0.4) is 0 Å². The van der Waals surface area contributed by atoms with E-state index in [1.54, 1.807) is 13.0 Å². The number of Topliss-reactive ketones (excluding diaryl/α,β-unsaturated/α-hetero) is 1. The van der Waals surface area contributed by atoms with E-state index in [9.17, 15) is 9.59 Å². The number of aromatic nitrogens is 1. The highest BCUT2D eigenvalue weighted by Gasteiger charge is 2.22. The highest BCUT2D eigenvalue weighted by molar-refractivity contribution is 6.29. The third-order valence-corrected chi connectivity index (χ3v) is 4.21.